The largest absolute Gasteiger partial charge is 0.376 e. The number of likely N-dealkylation sites (N-methyl/N-ethyl adjacent to an activating group) is 1. The molecule has 0 amide bonds. The van der Waals surface area contributed by atoms with Crippen LogP contribution in [0.2, 0.25) is 0 Å². The maximum atomic E-state index is 5.58. The summed E-state index contributed by atoms with van der Waals surface area (Å²) in [5, 5.41) is 3.05. The Balaban J connectivity index is 2.16. The molecule has 88 valence electrons. The first-order valence-electron chi connectivity index (χ1n) is 5.71. The molecule has 0 aromatic carbocycles. The molecule has 1 aliphatic heterocycles. The lowest BCUT2D eigenvalue weighted by Crippen LogP contribution is -2.37. The van der Waals surface area contributed by atoms with Gasteiger partial charge in [0.25, 0.3) is 0 Å². The number of rotatable bonds is 3. The van der Waals surface area contributed by atoms with Gasteiger partial charge in [-0.3, -0.25) is 0 Å². The summed E-state index contributed by atoms with van der Waals surface area (Å²) in [5.74, 6) is 1.89. The quantitative estimate of drug-likeness (QED) is 0.843. The third-order valence-electron chi connectivity index (χ3n) is 3.19. The predicted molar refractivity (Wildman–Crippen MR) is 66.0 cm³/mol. The van der Waals surface area contributed by atoms with Gasteiger partial charge >= 0.3 is 0 Å². The van der Waals surface area contributed by atoms with Crippen LogP contribution < -0.4 is 10.2 Å². The molecule has 0 saturated carbocycles. The molecule has 1 aliphatic rings. The van der Waals surface area contributed by atoms with E-state index in [1.54, 1.807) is 0 Å². The van der Waals surface area contributed by atoms with E-state index in [-0.39, 0.29) is 6.10 Å². The van der Waals surface area contributed by atoms with Crippen LogP contribution in [0.4, 0.5) is 11.6 Å². The molecular weight excluding hydrogens is 202 g/mol. The zero-order valence-electron chi connectivity index (χ0n) is 10.1. The number of anilines is 2. The monoisotopic (exact) mass is 221 g/mol. The molecule has 2 unspecified atom stereocenters. The Hall–Kier alpha value is -1.29. The van der Waals surface area contributed by atoms with E-state index in [0.29, 0.717) is 6.04 Å². The molecule has 4 heteroatoms. The average Bonchev–Trinajstić information content (AvgIpc) is 2.74. The fraction of sp³-hybridized carbons (Fsp3) is 0.583. The summed E-state index contributed by atoms with van der Waals surface area (Å²) in [5.41, 5.74) is 0. The molecule has 2 atom stereocenters. The Morgan fingerprint density at radius 2 is 2.31 bits per heavy atom. The van der Waals surface area contributed by atoms with E-state index >= 15 is 0 Å². The molecule has 0 spiro atoms. The number of ether oxygens (including phenoxy) is 1. The molecule has 1 saturated heterocycles. The van der Waals surface area contributed by atoms with E-state index in [1.165, 1.54) is 0 Å². The van der Waals surface area contributed by atoms with Gasteiger partial charge in [0.1, 0.15) is 11.6 Å². The molecule has 0 aliphatic carbocycles. The van der Waals surface area contributed by atoms with E-state index in [2.05, 4.69) is 29.2 Å². The van der Waals surface area contributed by atoms with Crippen molar-refractivity contribution in [2.45, 2.75) is 25.5 Å². The fourth-order valence-corrected chi connectivity index (χ4v) is 2.16. The second kappa shape index (κ2) is 4.70. The number of nitrogens with zero attached hydrogens (tertiary/aromatic N) is 2. The van der Waals surface area contributed by atoms with E-state index in [1.807, 2.05) is 25.2 Å². The zero-order valence-corrected chi connectivity index (χ0v) is 10.1. The molecule has 1 aromatic rings. The van der Waals surface area contributed by atoms with E-state index in [0.717, 1.165) is 24.7 Å². The van der Waals surface area contributed by atoms with Crippen molar-refractivity contribution >= 4 is 11.6 Å². The summed E-state index contributed by atoms with van der Waals surface area (Å²) in [6.07, 6.45) is 1.35. The number of hydrogen-bond acceptors (Lipinski definition) is 4. The van der Waals surface area contributed by atoms with Gasteiger partial charge in [-0.2, -0.15) is 0 Å². The number of aromatic nitrogens is 1. The van der Waals surface area contributed by atoms with Crippen molar-refractivity contribution in [3.63, 3.8) is 0 Å². The van der Waals surface area contributed by atoms with E-state index < -0.39 is 0 Å². The predicted octanol–water partition coefficient (Wildman–Crippen LogP) is 1.74. The van der Waals surface area contributed by atoms with Crippen LogP contribution in [0.1, 0.15) is 13.3 Å². The van der Waals surface area contributed by atoms with Crippen LogP contribution >= 0.6 is 0 Å². The molecule has 2 heterocycles. The number of pyridine rings is 1. The summed E-state index contributed by atoms with van der Waals surface area (Å²) in [4.78, 5) is 6.74. The second-order valence-corrected chi connectivity index (χ2v) is 4.17. The first kappa shape index (κ1) is 11.2. The Bertz CT molecular complexity index is 356. The molecule has 16 heavy (non-hydrogen) atoms. The molecular formula is C12H19N3O. The third kappa shape index (κ3) is 2.11. The lowest BCUT2D eigenvalue weighted by atomic mass is 10.1. The second-order valence-electron chi connectivity index (χ2n) is 4.17. The Labute approximate surface area is 96.6 Å². The highest BCUT2D eigenvalue weighted by molar-refractivity contribution is 5.47. The molecule has 1 N–H and O–H groups in total. The summed E-state index contributed by atoms with van der Waals surface area (Å²) in [6.45, 7) is 2.97. The SMILES string of the molecule is CNc1cccc(N(C)C2CCOC2C)n1. The molecule has 1 fully saturated rings. The standard InChI is InChI=1S/C12H19N3O/c1-9-10(7-8-16-9)15(3)12-6-4-5-11(13-2)14-12/h4-6,9-10H,7-8H2,1-3H3,(H,13,14). The highest BCUT2D eigenvalue weighted by Gasteiger charge is 2.28. The lowest BCUT2D eigenvalue weighted by Gasteiger charge is -2.27. The lowest BCUT2D eigenvalue weighted by molar-refractivity contribution is 0.118. The molecule has 4 nitrogen and oxygen atoms in total. The third-order valence-corrected chi connectivity index (χ3v) is 3.19. The minimum absolute atomic E-state index is 0.282. The Morgan fingerprint density at radius 1 is 1.50 bits per heavy atom. The Morgan fingerprint density at radius 3 is 2.94 bits per heavy atom. The van der Waals surface area contributed by atoms with Gasteiger partial charge in [0.15, 0.2) is 0 Å². The van der Waals surface area contributed by atoms with Crippen molar-refractivity contribution in [2.24, 2.45) is 0 Å². The molecule has 2 rings (SSSR count). The first-order valence-corrected chi connectivity index (χ1v) is 5.71. The van der Waals surface area contributed by atoms with Gasteiger partial charge in [0, 0.05) is 20.7 Å². The normalized spacial score (nSPS) is 24.4. The maximum absolute atomic E-state index is 5.58. The van der Waals surface area contributed by atoms with Gasteiger partial charge in [0.2, 0.25) is 0 Å². The van der Waals surface area contributed by atoms with Gasteiger partial charge < -0.3 is 15.0 Å². The number of nitrogens with one attached hydrogen (secondary N) is 1. The van der Waals surface area contributed by atoms with Crippen molar-refractivity contribution in [3.05, 3.63) is 18.2 Å². The first-order chi connectivity index (χ1) is 7.72. The summed E-state index contributed by atoms with van der Waals surface area (Å²) in [7, 11) is 3.96. The highest BCUT2D eigenvalue weighted by atomic mass is 16.5. The minimum atomic E-state index is 0.282. The molecule has 0 bridgehead atoms. The average molecular weight is 221 g/mol. The van der Waals surface area contributed by atoms with Gasteiger partial charge in [-0.05, 0) is 25.5 Å². The molecule has 1 aromatic heterocycles. The highest BCUT2D eigenvalue weighted by Crippen LogP contribution is 2.23. The maximum Gasteiger partial charge on any atom is 0.131 e. The van der Waals surface area contributed by atoms with Crippen molar-refractivity contribution < 1.29 is 4.74 Å². The zero-order chi connectivity index (χ0) is 11.5. The van der Waals surface area contributed by atoms with Crippen molar-refractivity contribution in [1.29, 1.82) is 0 Å². The number of hydrogen-bond donors (Lipinski definition) is 1. The van der Waals surface area contributed by atoms with Gasteiger partial charge in [0.05, 0.1) is 12.1 Å². The van der Waals surface area contributed by atoms with Crippen LogP contribution in [-0.4, -0.2) is 37.8 Å². The summed E-state index contributed by atoms with van der Waals surface area (Å²) in [6, 6.07) is 6.45. The van der Waals surface area contributed by atoms with Crippen molar-refractivity contribution in [3.8, 4) is 0 Å². The van der Waals surface area contributed by atoms with E-state index in [4.69, 9.17) is 4.74 Å². The molecule has 0 radical (unpaired) electrons. The smallest absolute Gasteiger partial charge is 0.131 e. The van der Waals surface area contributed by atoms with Crippen molar-refractivity contribution in [1.82, 2.24) is 4.98 Å². The summed E-state index contributed by atoms with van der Waals surface area (Å²) >= 11 is 0. The van der Waals surface area contributed by atoms with E-state index in [9.17, 15) is 0 Å². The van der Waals surface area contributed by atoms with Crippen LogP contribution in [0.5, 0.6) is 0 Å². The van der Waals surface area contributed by atoms with Crippen LogP contribution in [0.3, 0.4) is 0 Å². The van der Waals surface area contributed by atoms with Gasteiger partial charge in [-0.1, -0.05) is 6.07 Å². The van der Waals surface area contributed by atoms with Crippen LogP contribution in [-0.2, 0) is 4.74 Å². The fourth-order valence-electron chi connectivity index (χ4n) is 2.16. The summed E-state index contributed by atoms with van der Waals surface area (Å²) < 4.78 is 5.58. The van der Waals surface area contributed by atoms with Crippen LogP contribution in [0, 0.1) is 0 Å². The van der Waals surface area contributed by atoms with Gasteiger partial charge in [-0.25, -0.2) is 4.98 Å². The van der Waals surface area contributed by atoms with Gasteiger partial charge in [-0.15, -0.1) is 0 Å². The Kier molecular flexibility index (Phi) is 3.29. The minimum Gasteiger partial charge on any atom is -0.376 e. The van der Waals surface area contributed by atoms with Crippen LogP contribution in [0.15, 0.2) is 18.2 Å². The van der Waals surface area contributed by atoms with Crippen LogP contribution in [0.25, 0.3) is 0 Å². The topological polar surface area (TPSA) is 37.4 Å². The van der Waals surface area contributed by atoms with Crippen molar-refractivity contribution in [2.75, 3.05) is 30.9 Å².